The molecule has 17 heavy (non-hydrogen) atoms. The third-order valence-corrected chi connectivity index (χ3v) is 3.45. The van der Waals surface area contributed by atoms with E-state index in [0.29, 0.717) is 0 Å². The van der Waals surface area contributed by atoms with Gasteiger partial charge in [0.25, 0.3) is 0 Å². The Balaban J connectivity index is 2.13. The van der Waals surface area contributed by atoms with E-state index in [1.54, 1.807) is 13.4 Å². The molecule has 1 aromatic heterocycles. The highest BCUT2D eigenvalue weighted by Gasteiger charge is 2.30. The van der Waals surface area contributed by atoms with E-state index in [9.17, 15) is 0 Å². The summed E-state index contributed by atoms with van der Waals surface area (Å²) >= 11 is 0. The van der Waals surface area contributed by atoms with Crippen molar-refractivity contribution in [2.24, 2.45) is 5.73 Å². The fourth-order valence-corrected chi connectivity index (χ4v) is 2.57. The molecule has 0 aliphatic carbocycles. The Kier molecular flexibility index (Phi) is 4.59. The number of nitrogens with two attached hydrogens (primary N) is 1. The van der Waals surface area contributed by atoms with Gasteiger partial charge in [-0.25, -0.2) is 0 Å². The van der Waals surface area contributed by atoms with Gasteiger partial charge in [0.05, 0.1) is 18.9 Å². The maximum absolute atomic E-state index is 6.29. The smallest absolute Gasteiger partial charge is 0.122 e. The SMILES string of the molecule is COCCN1CCCCC(N)C1c1ccco1. The van der Waals surface area contributed by atoms with Crippen molar-refractivity contribution in [3.05, 3.63) is 24.2 Å². The third kappa shape index (κ3) is 3.09. The molecular weight excluding hydrogens is 216 g/mol. The molecule has 4 nitrogen and oxygen atoms in total. The largest absolute Gasteiger partial charge is 0.468 e. The molecule has 0 amide bonds. The average molecular weight is 238 g/mol. The summed E-state index contributed by atoms with van der Waals surface area (Å²) in [6.07, 6.45) is 5.19. The van der Waals surface area contributed by atoms with E-state index in [1.807, 2.05) is 12.1 Å². The zero-order chi connectivity index (χ0) is 12.1. The van der Waals surface area contributed by atoms with Crippen molar-refractivity contribution >= 4 is 0 Å². The van der Waals surface area contributed by atoms with Crippen LogP contribution in [0.15, 0.2) is 22.8 Å². The molecule has 2 atom stereocenters. The van der Waals surface area contributed by atoms with Crippen LogP contribution in [0.4, 0.5) is 0 Å². The molecule has 96 valence electrons. The summed E-state index contributed by atoms with van der Waals surface area (Å²) in [7, 11) is 1.74. The van der Waals surface area contributed by atoms with Crippen molar-refractivity contribution in [2.45, 2.75) is 31.3 Å². The van der Waals surface area contributed by atoms with E-state index < -0.39 is 0 Å². The highest BCUT2D eigenvalue weighted by molar-refractivity contribution is 5.08. The number of likely N-dealkylation sites (tertiary alicyclic amines) is 1. The van der Waals surface area contributed by atoms with Crippen LogP contribution < -0.4 is 5.73 Å². The van der Waals surface area contributed by atoms with E-state index in [2.05, 4.69) is 4.90 Å². The molecular formula is C13H22N2O2. The minimum absolute atomic E-state index is 0.153. The maximum atomic E-state index is 6.29. The topological polar surface area (TPSA) is 51.6 Å². The normalized spacial score (nSPS) is 26.9. The summed E-state index contributed by atoms with van der Waals surface area (Å²) in [5.41, 5.74) is 6.29. The lowest BCUT2D eigenvalue weighted by molar-refractivity contribution is 0.105. The van der Waals surface area contributed by atoms with Gasteiger partial charge in [-0.15, -0.1) is 0 Å². The van der Waals surface area contributed by atoms with Gasteiger partial charge >= 0.3 is 0 Å². The lowest BCUT2D eigenvalue weighted by Gasteiger charge is -2.31. The van der Waals surface area contributed by atoms with Gasteiger partial charge in [-0.2, -0.15) is 0 Å². The van der Waals surface area contributed by atoms with E-state index in [-0.39, 0.29) is 12.1 Å². The van der Waals surface area contributed by atoms with E-state index in [4.69, 9.17) is 14.9 Å². The Labute approximate surface area is 103 Å². The van der Waals surface area contributed by atoms with Gasteiger partial charge in [-0.05, 0) is 31.5 Å². The van der Waals surface area contributed by atoms with Gasteiger partial charge < -0.3 is 14.9 Å². The molecule has 0 radical (unpaired) electrons. The second kappa shape index (κ2) is 6.19. The quantitative estimate of drug-likeness (QED) is 0.868. The molecule has 1 aliphatic rings. The van der Waals surface area contributed by atoms with Gasteiger partial charge in [0.1, 0.15) is 5.76 Å². The van der Waals surface area contributed by atoms with Gasteiger partial charge in [0.2, 0.25) is 0 Å². The highest BCUT2D eigenvalue weighted by atomic mass is 16.5. The van der Waals surface area contributed by atoms with Crippen LogP contribution in [-0.2, 0) is 4.74 Å². The molecule has 2 heterocycles. The minimum Gasteiger partial charge on any atom is -0.468 e. The number of rotatable bonds is 4. The van der Waals surface area contributed by atoms with E-state index in [0.717, 1.165) is 31.9 Å². The molecule has 2 N–H and O–H groups in total. The van der Waals surface area contributed by atoms with Crippen LogP contribution in [0.5, 0.6) is 0 Å². The molecule has 1 aliphatic heterocycles. The van der Waals surface area contributed by atoms with Crippen molar-refractivity contribution in [2.75, 3.05) is 26.8 Å². The number of methoxy groups -OCH3 is 1. The first-order valence-corrected chi connectivity index (χ1v) is 6.35. The molecule has 1 fully saturated rings. The summed E-state index contributed by atoms with van der Waals surface area (Å²) in [6.45, 7) is 2.72. The van der Waals surface area contributed by atoms with Crippen LogP contribution in [0, 0.1) is 0 Å². The summed E-state index contributed by atoms with van der Waals surface area (Å²) < 4.78 is 10.7. The first-order chi connectivity index (χ1) is 8.33. The summed E-state index contributed by atoms with van der Waals surface area (Å²) in [6, 6.07) is 4.31. The molecule has 0 spiro atoms. The van der Waals surface area contributed by atoms with Crippen LogP contribution >= 0.6 is 0 Å². The molecule has 1 saturated heterocycles. The monoisotopic (exact) mass is 238 g/mol. The lowest BCUT2D eigenvalue weighted by atomic mass is 10.0. The highest BCUT2D eigenvalue weighted by Crippen LogP contribution is 2.29. The fourth-order valence-electron chi connectivity index (χ4n) is 2.57. The molecule has 2 unspecified atom stereocenters. The predicted octanol–water partition coefficient (Wildman–Crippen LogP) is 1.78. The third-order valence-electron chi connectivity index (χ3n) is 3.45. The lowest BCUT2D eigenvalue weighted by Crippen LogP contribution is -2.41. The van der Waals surface area contributed by atoms with Crippen molar-refractivity contribution in [3.8, 4) is 0 Å². The number of hydrogen-bond donors (Lipinski definition) is 1. The van der Waals surface area contributed by atoms with Gasteiger partial charge in [-0.3, -0.25) is 4.90 Å². The summed E-state index contributed by atoms with van der Waals surface area (Å²) in [5, 5.41) is 0. The second-order valence-electron chi connectivity index (χ2n) is 4.65. The minimum atomic E-state index is 0.153. The van der Waals surface area contributed by atoms with Crippen molar-refractivity contribution in [1.82, 2.24) is 4.90 Å². The molecule has 4 heteroatoms. The van der Waals surface area contributed by atoms with Crippen molar-refractivity contribution in [3.63, 3.8) is 0 Å². The fraction of sp³-hybridized carbons (Fsp3) is 0.692. The number of ether oxygens (including phenoxy) is 1. The van der Waals surface area contributed by atoms with Crippen LogP contribution in [0.3, 0.4) is 0 Å². The average Bonchev–Trinajstić information content (AvgIpc) is 2.78. The predicted molar refractivity (Wildman–Crippen MR) is 66.7 cm³/mol. The van der Waals surface area contributed by atoms with Gasteiger partial charge in [0, 0.05) is 19.7 Å². The summed E-state index contributed by atoms with van der Waals surface area (Å²) in [4.78, 5) is 2.39. The summed E-state index contributed by atoms with van der Waals surface area (Å²) in [5.74, 6) is 0.982. The van der Waals surface area contributed by atoms with Crippen LogP contribution in [-0.4, -0.2) is 37.7 Å². The molecule has 0 saturated carbocycles. The Morgan fingerprint density at radius 2 is 2.41 bits per heavy atom. The number of furan rings is 1. The van der Waals surface area contributed by atoms with Crippen LogP contribution in [0.25, 0.3) is 0 Å². The molecule has 1 aromatic rings. The first kappa shape index (κ1) is 12.6. The second-order valence-corrected chi connectivity index (χ2v) is 4.65. The number of hydrogen-bond acceptors (Lipinski definition) is 4. The molecule has 0 bridgehead atoms. The van der Waals surface area contributed by atoms with Crippen molar-refractivity contribution < 1.29 is 9.15 Å². The Bertz CT molecular complexity index is 313. The van der Waals surface area contributed by atoms with E-state index in [1.165, 1.54) is 12.8 Å². The van der Waals surface area contributed by atoms with E-state index >= 15 is 0 Å². The molecule has 0 aromatic carbocycles. The zero-order valence-corrected chi connectivity index (χ0v) is 10.5. The Hall–Kier alpha value is -0.840. The maximum Gasteiger partial charge on any atom is 0.122 e. The van der Waals surface area contributed by atoms with Crippen LogP contribution in [0.2, 0.25) is 0 Å². The standard InChI is InChI=1S/C13H22N2O2/c1-16-10-8-15-7-3-2-5-11(14)13(15)12-6-4-9-17-12/h4,6,9,11,13H,2-3,5,7-8,10,14H2,1H3. The molecule has 2 rings (SSSR count). The number of nitrogens with zero attached hydrogens (tertiary/aromatic N) is 1. The zero-order valence-electron chi connectivity index (χ0n) is 10.5. The Morgan fingerprint density at radius 3 is 3.12 bits per heavy atom. The van der Waals surface area contributed by atoms with Gasteiger partial charge in [-0.1, -0.05) is 6.42 Å². The first-order valence-electron chi connectivity index (χ1n) is 6.35. The van der Waals surface area contributed by atoms with Crippen LogP contribution in [0.1, 0.15) is 31.1 Å². The van der Waals surface area contributed by atoms with Crippen molar-refractivity contribution in [1.29, 1.82) is 0 Å². The Morgan fingerprint density at radius 1 is 1.53 bits per heavy atom. The van der Waals surface area contributed by atoms with Gasteiger partial charge in [0.15, 0.2) is 0 Å².